The molecule has 1 aliphatic heterocycles. The van der Waals surface area contributed by atoms with Crippen molar-refractivity contribution >= 4 is 17.5 Å². The van der Waals surface area contributed by atoms with Crippen LogP contribution in [0.2, 0.25) is 0 Å². The summed E-state index contributed by atoms with van der Waals surface area (Å²) in [5.41, 5.74) is 2.09. The Morgan fingerprint density at radius 3 is 2.75 bits per heavy atom. The van der Waals surface area contributed by atoms with Crippen LogP contribution in [-0.4, -0.2) is 7.11 Å². The number of thioether (sulfide) groups is 1. The predicted octanol–water partition coefficient (Wildman–Crippen LogP) is 2.69. The molecule has 4 heteroatoms. The van der Waals surface area contributed by atoms with Gasteiger partial charge in [-0.3, -0.25) is 0 Å². The summed E-state index contributed by atoms with van der Waals surface area (Å²) in [5.74, 6) is 0.836. The average Bonchev–Trinajstić information content (AvgIpc) is 2.78. The summed E-state index contributed by atoms with van der Waals surface area (Å²) in [5, 5.41) is 14.5. The zero-order valence-electron chi connectivity index (χ0n) is 8.73. The molecule has 80 valence electrons. The third-order valence-corrected chi connectivity index (χ3v) is 2.99. The van der Waals surface area contributed by atoms with Gasteiger partial charge in [0.1, 0.15) is 5.75 Å². The molecule has 1 heterocycles. The van der Waals surface area contributed by atoms with Crippen LogP contribution in [-0.2, 0) is 0 Å². The smallest absolute Gasteiger partial charge is 0.118 e. The van der Waals surface area contributed by atoms with Crippen molar-refractivity contribution in [3.8, 4) is 11.8 Å². The zero-order valence-corrected chi connectivity index (χ0v) is 9.54. The van der Waals surface area contributed by atoms with E-state index in [1.165, 1.54) is 17.8 Å². The third kappa shape index (κ3) is 2.20. The van der Waals surface area contributed by atoms with Gasteiger partial charge >= 0.3 is 0 Å². The van der Waals surface area contributed by atoms with Gasteiger partial charge in [-0.1, -0.05) is 11.8 Å². The molecule has 1 N–H and O–H groups in total. The maximum Gasteiger partial charge on any atom is 0.118 e. The fourth-order valence-corrected chi connectivity index (χ4v) is 2.08. The van der Waals surface area contributed by atoms with Crippen molar-refractivity contribution in [3.05, 3.63) is 46.3 Å². The van der Waals surface area contributed by atoms with Crippen LogP contribution in [0.5, 0.6) is 5.75 Å². The lowest BCUT2D eigenvalue weighted by atomic mass is 10.2. The molecule has 0 fully saturated rings. The minimum absolute atomic E-state index is 0.836. The van der Waals surface area contributed by atoms with Crippen molar-refractivity contribution in [1.29, 1.82) is 5.26 Å². The lowest BCUT2D eigenvalue weighted by Gasteiger charge is -2.05. The second-order valence-electron chi connectivity index (χ2n) is 3.14. The number of methoxy groups -OCH3 is 1. The zero-order chi connectivity index (χ0) is 11.4. The molecule has 0 saturated carbocycles. The first kappa shape index (κ1) is 10.7. The quantitative estimate of drug-likeness (QED) is 0.793. The Labute approximate surface area is 98.4 Å². The number of rotatable bonds is 2. The van der Waals surface area contributed by atoms with E-state index in [0.717, 1.165) is 22.0 Å². The second kappa shape index (κ2) is 4.77. The minimum Gasteiger partial charge on any atom is -0.497 e. The van der Waals surface area contributed by atoms with Gasteiger partial charge in [0, 0.05) is 11.5 Å². The van der Waals surface area contributed by atoms with Crippen molar-refractivity contribution in [2.75, 3.05) is 7.11 Å². The van der Waals surface area contributed by atoms with Crippen molar-refractivity contribution in [3.63, 3.8) is 0 Å². The SMILES string of the molecule is COc1ccc(C2=CSC(=CC#N)N2)cc1. The molecular formula is C12H10N2OS. The van der Waals surface area contributed by atoms with E-state index in [4.69, 9.17) is 10.00 Å². The van der Waals surface area contributed by atoms with Gasteiger partial charge in [-0.2, -0.15) is 5.26 Å². The molecule has 0 aromatic heterocycles. The molecule has 0 atom stereocenters. The van der Waals surface area contributed by atoms with Crippen LogP contribution in [0.4, 0.5) is 0 Å². The summed E-state index contributed by atoms with van der Waals surface area (Å²) in [6, 6.07) is 9.78. The minimum atomic E-state index is 0.836. The summed E-state index contributed by atoms with van der Waals surface area (Å²) < 4.78 is 5.09. The van der Waals surface area contributed by atoms with E-state index >= 15 is 0 Å². The number of nitrogens with zero attached hydrogens (tertiary/aromatic N) is 1. The van der Waals surface area contributed by atoms with Crippen LogP contribution in [0, 0.1) is 11.3 Å². The van der Waals surface area contributed by atoms with Crippen molar-refractivity contribution in [2.24, 2.45) is 0 Å². The molecular weight excluding hydrogens is 220 g/mol. The summed E-state index contributed by atoms with van der Waals surface area (Å²) in [4.78, 5) is 0. The highest BCUT2D eigenvalue weighted by Crippen LogP contribution is 2.30. The largest absolute Gasteiger partial charge is 0.497 e. The van der Waals surface area contributed by atoms with Crippen LogP contribution < -0.4 is 10.1 Å². The van der Waals surface area contributed by atoms with E-state index in [2.05, 4.69) is 5.32 Å². The highest BCUT2D eigenvalue weighted by Gasteiger charge is 2.11. The van der Waals surface area contributed by atoms with Gasteiger partial charge in [0.15, 0.2) is 0 Å². The predicted molar refractivity (Wildman–Crippen MR) is 65.4 cm³/mol. The summed E-state index contributed by atoms with van der Waals surface area (Å²) in [7, 11) is 1.64. The Balaban J connectivity index is 2.15. The molecule has 0 amide bonds. The van der Waals surface area contributed by atoms with E-state index in [9.17, 15) is 0 Å². The van der Waals surface area contributed by atoms with Crippen LogP contribution >= 0.6 is 11.8 Å². The van der Waals surface area contributed by atoms with E-state index < -0.39 is 0 Å². The summed E-state index contributed by atoms with van der Waals surface area (Å²) in [6.07, 6.45) is 1.50. The Bertz CT molecular complexity index is 483. The van der Waals surface area contributed by atoms with Crippen molar-refractivity contribution in [1.82, 2.24) is 5.32 Å². The number of ether oxygens (including phenoxy) is 1. The van der Waals surface area contributed by atoms with Gasteiger partial charge < -0.3 is 10.1 Å². The molecule has 0 saturated heterocycles. The highest BCUT2D eigenvalue weighted by atomic mass is 32.2. The second-order valence-corrected chi connectivity index (χ2v) is 4.05. The number of nitriles is 1. The average molecular weight is 230 g/mol. The molecule has 0 spiro atoms. The van der Waals surface area contributed by atoms with Crippen LogP contribution in [0.3, 0.4) is 0 Å². The maximum atomic E-state index is 8.53. The molecule has 1 aliphatic rings. The number of hydrogen-bond acceptors (Lipinski definition) is 4. The third-order valence-electron chi connectivity index (χ3n) is 2.16. The lowest BCUT2D eigenvalue weighted by Crippen LogP contribution is -2.03. The first-order chi connectivity index (χ1) is 7.83. The fraction of sp³-hybridized carbons (Fsp3) is 0.0833. The molecule has 0 unspecified atom stereocenters. The topological polar surface area (TPSA) is 45.0 Å². The molecule has 0 aliphatic carbocycles. The van der Waals surface area contributed by atoms with Gasteiger partial charge in [-0.15, -0.1) is 0 Å². The molecule has 2 rings (SSSR count). The van der Waals surface area contributed by atoms with Gasteiger partial charge in [-0.25, -0.2) is 0 Å². The van der Waals surface area contributed by atoms with Gasteiger partial charge in [0.2, 0.25) is 0 Å². The lowest BCUT2D eigenvalue weighted by molar-refractivity contribution is 0.415. The normalized spacial score (nSPS) is 16.5. The molecule has 1 aromatic carbocycles. The number of nitrogens with one attached hydrogen (secondary N) is 1. The van der Waals surface area contributed by atoms with Crippen molar-refractivity contribution < 1.29 is 4.74 Å². The maximum absolute atomic E-state index is 8.53. The summed E-state index contributed by atoms with van der Waals surface area (Å²) in [6.45, 7) is 0. The van der Waals surface area contributed by atoms with Crippen molar-refractivity contribution in [2.45, 2.75) is 0 Å². The van der Waals surface area contributed by atoms with Gasteiger partial charge in [0.25, 0.3) is 0 Å². The van der Waals surface area contributed by atoms with Crippen LogP contribution in [0.1, 0.15) is 5.56 Å². The van der Waals surface area contributed by atoms with E-state index in [1.54, 1.807) is 7.11 Å². The Morgan fingerprint density at radius 1 is 1.38 bits per heavy atom. The monoisotopic (exact) mass is 230 g/mol. The standard InChI is InChI=1S/C12H10N2OS/c1-15-10-4-2-9(3-5-10)11-8-16-12(14-11)6-7-13/h2-6,8,14H,1H3. The van der Waals surface area contributed by atoms with Gasteiger partial charge in [0.05, 0.1) is 23.9 Å². The Morgan fingerprint density at radius 2 is 2.12 bits per heavy atom. The van der Waals surface area contributed by atoms with E-state index in [1.807, 2.05) is 35.7 Å². The van der Waals surface area contributed by atoms with Crippen LogP contribution in [0.25, 0.3) is 5.70 Å². The number of benzene rings is 1. The van der Waals surface area contributed by atoms with E-state index in [0.29, 0.717) is 0 Å². The first-order valence-corrected chi connectivity index (χ1v) is 5.59. The van der Waals surface area contributed by atoms with E-state index in [-0.39, 0.29) is 0 Å². The highest BCUT2D eigenvalue weighted by molar-refractivity contribution is 8.06. The molecule has 0 bridgehead atoms. The fourth-order valence-electron chi connectivity index (χ4n) is 1.35. The van der Waals surface area contributed by atoms with Crippen LogP contribution in [0.15, 0.2) is 40.8 Å². The molecule has 16 heavy (non-hydrogen) atoms. The Hall–Kier alpha value is -1.86. The number of hydrogen-bond donors (Lipinski definition) is 1. The molecule has 3 nitrogen and oxygen atoms in total. The molecule has 0 radical (unpaired) electrons. The van der Waals surface area contributed by atoms with Gasteiger partial charge in [-0.05, 0) is 29.8 Å². The Kier molecular flexibility index (Phi) is 3.18. The number of allylic oxidation sites excluding steroid dienone is 1. The first-order valence-electron chi connectivity index (χ1n) is 4.71. The summed E-state index contributed by atoms with van der Waals surface area (Å²) >= 11 is 1.51. The molecule has 1 aromatic rings.